The molecule has 3 unspecified atom stereocenters. The number of hydrogen-bond acceptors (Lipinski definition) is 3. The van der Waals surface area contributed by atoms with Crippen LogP contribution < -0.4 is 5.32 Å². The van der Waals surface area contributed by atoms with Crippen molar-refractivity contribution >= 4 is 0 Å². The monoisotopic (exact) mass is 271 g/mol. The van der Waals surface area contributed by atoms with E-state index in [9.17, 15) is 0 Å². The van der Waals surface area contributed by atoms with Crippen molar-refractivity contribution in [2.24, 2.45) is 5.92 Å². The number of ether oxygens (including phenoxy) is 2. The van der Waals surface area contributed by atoms with Gasteiger partial charge in [-0.1, -0.05) is 40.0 Å². The van der Waals surface area contributed by atoms with Gasteiger partial charge in [-0.3, -0.25) is 0 Å². The quantitative estimate of drug-likeness (QED) is 0.661. The summed E-state index contributed by atoms with van der Waals surface area (Å²) >= 11 is 0. The fraction of sp³-hybridized carbons (Fsp3) is 1.00. The Balaban J connectivity index is 2.30. The van der Waals surface area contributed by atoms with Crippen molar-refractivity contribution in [1.29, 1.82) is 0 Å². The Labute approximate surface area is 119 Å². The normalized spacial score (nSPS) is 25.4. The van der Waals surface area contributed by atoms with E-state index < -0.39 is 0 Å². The van der Waals surface area contributed by atoms with Gasteiger partial charge in [0, 0.05) is 19.3 Å². The van der Waals surface area contributed by atoms with E-state index in [1.165, 1.54) is 32.1 Å². The first-order chi connectivity index (χ1) is 9.31. The fourth-order valence-electron chi connectivity index (χ4n) is 2.60. The molecule has 0 amide bonds. The molecule has 1 aliphatic heterocycles. The number of unbranched alkanes of at least 4 members (excludes halogenated alkanes) is 1. The van der Waals surface area contributed by atoms with Gasteiger partial charge in [0.25, 0.3) is 0 Å². The molecule has 1 fully saturated rings. The third kappa shape index (κ3) is 6.73. The van der Waals surface area contributed by atoms with Crippen molar-refractivity contribution in [2.75, 3.05) is 26.4 Å². The van der Waals surface area contributed by atoms with Crippen LogP contribution in [0.3, 0.4) is 0 Å². The van der Waals surface area contributed by atoms with Gasteiger partial charge >= 0.3 is 0 Å². The Kier molecular flexibility index (Phi) is 9.48. The van der Waals surface area contributed by atoms with Crippen LogP contribution in [0.4, 0.5) is 0 Å². The zero-order valence-electron chi connectivity index (χ0n) is 13.1. The molecule has 3 nitrogen and oxygen atoms in total. The molecule has 3 atom stereocenters. The van der Waals surface area contributed by atoms with Crippen LogP contribution >= 0.6 is 0 Å². The Morgan fingerprint density at radius 1 is 1.26 bits per heavy atom. The minimum atomic E-state index is 0.246. The Bertz CT molecular complexity index is 211. The third-order valence-corrected chi connectivity index (χ3v) is 4.05. The van der Waals surface area contributed by atoms with E-state index >= 15 is 0 Å². The van der Waals surface area contributed by atoms with Crippen LogP contribution in [-0.4, -0.2) is 38.5 Å². The summed E-state index contributed by atoms with van der Waals surface area (Å²) in [6.45, 7) is 10.3. The summed E-state index contributed by atoms with van der Waals surface area (Å²) < 4.78 is 11.7. The molecule has 3 heteroatoms. The second-order valence-corrected chi connectivity index (χ2v) is 5.71. The highest BCUT2D eigenvalue weighted by molar-refractivity contribution is 4.80. The van der Waals surface area contributed by atoms with Crippen molar-refractivity contribution < 1.29 is 9.47 Å². The Morgan fingerprint density at radius 3 is 2.79 bits per heavy atom. The summed E-state index contributed by atoms with van der Waals surface area (Å²) in [5.41, 5.74) is 0. The smallest absolute Gasteiger partial charge is 0.0961 e. The zero-order valence-corrected chi connectivity index (χ0v) is 13.1. The van der Waals surface area contributed by atoms with Crippen LogP contribution in [0.15, 0.2) is 0 Å². The maximum absolute atomic E-state index is 6.16. The summed E-state index contributed by atoms with van der Waals surface area (Å²) in [6, 6.07) is 0.484. The summed E-state index contributed by atoms with van der Waals surface area (Å²) in [7, 11) is 0. The Morgan fingerprint density at radius 2 is 2.11 bits per heavy atom. The Hall–Kier alpha value is -0.120. The molecule has 1 saturated heterocycles. The average Bonchev–Trinajstić information content (AvgIpc) is 2.46. The van der Waals surface area contributed by atoms with Gasteiger partial charge in [0.1, 0.15) is 0 Å². The maximum Gasteiger partial charge on any atom is 0.0961 e. The molecular weight excluding hydrogens is 238 g/mol. The molecule has 0 bridgehead atoms. The molecule has 114 valence electrons. The van der Waals surface area contributed by atoms with E-state index in [0.29, 0.717) is 12.0 Å². The van der Waals surface area contributed by atoms with Crippen molar-refractivity contribution in [3.8, 4) is 0 Å². The highest BCUT2D eigenvalue weighted by atomic mass is 16.5. The van der Waals surface area contributed by atoms with E-state index in [1.54, 1.807) is 0 Å². The molecule has 0 aliphatic carbocycles. The van der Waals surface area contributed by atoms with Crippen molar-refractivity contribution in [2.45, 2.75) is 71.4 Å². The predicted molar refractivity (Wildman–Crippen MR) is 80.6 cm³/mol. The predicted octanol–water partition coefficient (Wildman–Crippen LogP) is 3.38. The molecule has 0 aromatic carbocycles. The fourth-order valence-corrected chi connectivity index (χ4v) is 2.60. The summed E-state index contributed by atoms with van der Waals surface area (Å²) in [4.78, 5) is 0. The van der Waals surface area contributed by atoms with Crippen LogP contribution in [0.25, 0.3) is 0 Å². The number of hydrogen-bond donors (Lipinski definition) is 1. The van der Waals surface area contributed by atoms with Crippen molar-refractivity contribution in [1.82, 2.24) is 5.32 Å². The minimum absolute atomic E-state index is 0.246. The van der Waals surface area contributed by atoms with Gasteiger partial charge in [-0.25, -0.2) is 0 Å². The lowest BCUT2D eigenvalue weighted by Gasteiger charge is -2.33. The lowest BCUT2D eigenvalue weighted by Crippen LogP contribution is -2.48. The molecule has 0 saturated carbocycles. The van der Waals surface area contributed by atoms with Crippen LogP contribution in [0.1, 0.15) is 59.3 Å². The maximum atomic E-state index is 6.16. The van der Waals surface area contributed by atoms with Crippen LogP contribution in [-0.2, 0) is 9.47 Å². The van der Waals surface area contributed by atoms with Gasteiger partial charge in [-0.15, -0.1) is 0 Å². The lowest BCUT2D eigenvalue weighted by atomic mass is 10.00. The molecular formula is C16H33NO2. The van der Waals surface area contributed by atoms with Gasteiger partial charge in [0.2, 0.25) is 0 Å². The molecule has 1 aliphatic rings. The third-order valence-electron chi connectivity index (χ3n) is 4.05. The lowest BCUT2D eigenvalue weighted by molar-refractivity contribution is -0.0785. The van der Waals surface area contributed by atoms with Gasteiger partial charge in [0.05, 0.1) is 12.7 Å². The standard InChI is InChI=1S/C16H33NO2/c1-4-7-8-14(6-3)12-19-16-13-18-11-9-15(16)17-10-5-2/h14-17H,4-13H2,1-3H3. The summed E-state index contributed by atoms with van der Waals surface area (Å²) in [5, 5.41) is 3.60. The first-order valence-corrected chi connectivity index (χ1v) is 8.24. The number of nitrogens with one attached hydrogen (secondary N) is 1. The highest BCUT2D eigenvalue weighted by Crippen LogP contribution is 2.17. The minimum Gasteiger partial charge on any atom is -0.379 e. The van der Waals surface area contributed by atoms with Gasteiger partial charge in [0.15, 0.2) is 0 Å². The van der Waals surface area contributed by atoms with Gasteiger partial charge < -0.3 is 14.8 Å². The number of rotatable bonds is 10. The average molecular weight is 271 g/mol. The van der Waals surface area contributed by atoms with Crippen molar-refractivity contribution in [3.63, 3.8) is 0 Å². The van der Waals surface area contributed by atoms with Crippen molar-refractivity contribution in [3.05, 3.63) is 0 Å². The summed E-state index contributed by atoms with van der Waals surface area (Å²) in [6.07, 6.45) is 7.63. The van der Waals surface area contributed by atoms with Crippen LogP contribution in [0, 0.1) is 5.92 Å². The largest absolute Gasteiger partial charge is 0.379 e. The molecule has 1 N–H and O–H groups in total. The first kappa shape index (κ1) is 16.9. The topological polar surface area (TPSA) is 30.5 Å². The van der Waals surface area contributed by atoms with Crippen LogP contribution in [0.2, 0.25) is 0 Å². The highest BCUT2D eigenvalue weighted by Gasteiger charge is 2.26. The second kappa shape index (κ2) is 10.6. The van der Waals surface area contributed by atoms with Gasteiger partial charge in [-0.2, -0.15) is 0 Å². The molecule has 0 radical (unpaired) electrons. The molecule has 1 rings (SSSR count). The van der Waals surface area contributed by atoms with E-state index in [2.05, 4.69) is 26.1 Å². The van der Waals surface area contributed by atoms with Gasteiger partial charge in [-0.05, 0) is 31.7 Å². The second-order valence-electron chi connectivity index (χ2n) is 5.71. The molecule has 0 spiro atoms. The molecule has 19 heavy (non-hydrogen) atoms. The van der Waals surface area contributed by atoms with Crippen LogP contribution in [0.5, 0.6) is 0 Å². The van der Waals surface area contributed by atoms with E-state index in [-0.39, 0.29) is 6.10 Å². The zero-order chi connectivity index (χ0) is 13.9. The van der Waals surface area contributed by atoms with E-state index in [1.807, 2.05) is 0 Å². The molecule has 0 aromatic heterocycles. The van der Waals surface area contributed by atoms with E-state index in [4.69, 9.17) is 9.47 Å². The molecule has 1 heterocycles. The summed E-state index contributed by atoms with van der Waals surface area (Å²) in [5.74, 6) is 0.716. The first-order valence-electron chi connectivity index (χ1n) is 8.24. The van der Waals surface area contributed by atoms with E-state index in [0.717, 1.165) is 32.8 Å². The SMILES string of the molecule is CCCCC(CC)COC1COCCC1NCCC. The molecule has 0 aromatic rings.